The minimum atomic E-state index is 0.309. The molecule has 1 heterocycles. The van der Waals surface area contributed by atoms with Gasteiger partial charge in [-0.3, -0.25) is 0 Å². The Balaban J connectivity index is 2.21. The highest BCUT2D eigenvalue weighted by Gasteiger charge is 2.49. The summed E-state index contributed by atoms with van der Waals surface area (Å²) >= 11 is 1.78. The normalized spacial score (nSPS) is 23.9. The molecule has 0 spiro atoms. The van der Waals surface area contributed by atoms with Crippen molar-refractivity contribution in [1.82, 2.24) is 0 Å². The number of rotatable bonds is 2. The van der Waals surface area contributed by atoms with Crippen molar-refractivity contribution >= 4 is 11.3 Å². The van der Waals surface area contributed by atoms with Crippen molar-refractivity contribution in [1.29, 1.82) is 0 Å². The lowest BCUT2D eigenvalue weighted by atomic mass is 9.52. The van der Waals surface area contributed by atoms with Crippen molar-refractivity contribution in [3.8, 4) is 0 Å². The lowest BCUT2D eigenvalue weighted by Crippen LogP contribution is -2.51. The highest BCUT2D eigenvalue weighted by Crippen LogP contribution is 2.54. The third-order valence-electron chi connectivity index (χ3n) is 3.16. The van der Waals surface area contributed by atoms with Crippen molar-refractivity contribution in [2.45, 2.75) is 32.1 Å². The van der Waals surface area contributed by atoms with Gasteiger partial charge in [0.25, 0.3) is 0 Å². The quantitative estimate of drug-likeness (QED) is 0.771. The Morgan fingerprint density at radius 2 is 2.15 bits per heavy atom. The minimum absolute atomic E-state index is 0.309. The summed E-state index contributed by atoms with van der Waals surface area (Å²) in [6.07, 6.45) is 2.49. The van der Waals surface area contributed by atoms with Gasteiger partial charge in [-0.1, -0.05) is 13.8 Å². The van der Waals surface area contributed by atoms with Gasteiger partial charge in [-0.2, -0.15) is 11.3 Å². The number of thiophene rings is 1. The van der Waals surface area contributed by atoms with E-state index in [1.807, 2.05) is 0 Å². The van der Waals surface area contributed by atoms with Crippen LogP contribution in [0.1, 0.15) is 32.3 Å². The summed E-state index contributed by atoms with van der Waals surface area (Å²) < 4.78 is 0. The Morgan fingerprint density at radius 3 is 2.54 bits per heavy atom. The molecule has 1 aromatic heterocycles. The lowest BCUT2D eigenvalue weighted by molar-refractivity contribution is 0.0637. The van der Waals surface area contributed by atoms with Gasteiger partial charge >= 0.3 is 0 Å². The zero-order chi connectivity index (χ0) is 9.53. The maximum absolute atomic E-state index is 5.89. The van der Waals surface area contributed by atoms with Gasteiger partial charge in [0, 0.05) is 12.0 Å². The Morgan fingerprint density at radius 1 is 1.46 bits per heavy atom. The highest BCUT2D eigenvalue weighted by molar-refractivity contribution is 7.08. The van der Waals surface area contributed by atoms with Gasteiger partial charge in [-0.25, -0.2) is 0 Å². The fourth-order valence-corrected chi connectivity index (χ4v) is 3.59. The van der Waals surface area contributed by atoms with Crippen LogP contribution in [0.25, 0.3) is 0 Å². The van der Waals surface area contributed by atoms with Gasteiger partial charge < -0.3 is 5.73 Å². The van der Waals surface area contributed by atoms with E-state index in [2.05, 4.69) is 30.7 Å². The molecule has 0 aromatic carbocycles. The SMILES string of the molecule is CC1(C)CC(CN)(c2ccsc2)C1. The van der Waals surface area contributed by atoms with Crippen LogP contribution in [0.15, 0.2) is 16.8 Å². The molecule has 1 fully saturated rings. The number of hydrogen-bond acceptors (Lipinski definition) is 2. The van der Waals surface area contributed by atoms with Gasteiger partial charge in [0.05, 0.1) is 0 Å². The summed E-state index contributed by atoms with van der Waals surface area (Å²) in [5.74, 6) is 0. The molecule has 2 N–H and O–H groups in total. The Labute approximate surface area is 84.0 Å². The molecule has 2 rings (SSSR count). The summed E-state index contributed by atoms with van der Waals surface area (Å²) in [5, 5.41) is 4.40. The maximum Gasteiger partial charge on any atom is 0.00939 e. The molecule has 0 atom stereocenters. The van der Waals surface area contributed by atoms with Gasteiger partial charge in [0.15, 0.2) is 0 Å². The van der Waals surface area contributed by atoms with Crippen molar-refractivity contribution in [2.75, 3.05) is 6.54 Å². The molecule has 72 valence electrons. The van der Waals surface area contributed by atoms with Gasteiger partial charge in [0.2, 0.25) is 0 Å². The van der Waals surface area contributed by atoms with Crippen LogP contribution in [0.2, 0.25) is 0 Å². The summed E-state index contributed by atoms with van der Waals surface area (Å²) in [6, 6.07) is 2.23. The summed E-state index contributed by atoms with van der Waals surface area (Å²) in [6.45, 7) is 5.45. The van der Waals surface area contributed by atoms with Crippen LogP contribution in [-0.2, 0) is 5.41 Å². The molecule has 0 bridgehead atoms. The average Bonchev–Trinajstić information content (AvgIpc) is 2.51. The predicted octanol–water partition coefficient (Wildman–Crippen LogP) is 2.76. The molecular formula is C11H17NS. The molecule has 0 aliphatic heterocycles. The van der Waals surface area contributed by atoms with E-state index in [4.69, 9.17) is 5.73 Å². The Hall–Kier alpha value is -0.340. The lowest BCUT2D eigenvalue weighted by Gasteiger charge is -2.53. The van der Waals surface area contributed by atoms with Crippen LogP contribution in [0.4, 0.5) is 0 Å². The summed E-state index contributed by atoms with van der Waals surface area (Å²) in [7, 11) is 0. The third kappa shape index (κ3) is 1.42. The van der Waals surface area contributed by atoms with E-state index < -0.39 is 0 Å². The standard InChI is InChI=1S/C11H17NS/c1-10(2)6-11(7-10,8-12)9-3-4-13-5-9/h3-5H,6-8,12H2,1-2H3. The van der Waals surface area contributed by atoms with Gasteiger partial charge in [-0.15, -0.1) is 0 Å². The number of nitrogens with two attached hydrogens (primary N) is 1. The number of hydrogen-bond donors (Lipinski definition) is 1. The van der Waals surface area contributed by atoms with E-state index in [9.17, 15) is 0 Å². The topological polar surface area (TPSA) is 26.0 Å². The molecule has 0 amide bonds. The summed E-state index contributed by atoms with van der Waals surface area (Å²) in [5.41, 5.74) is 8.15. The zero-order valence-electron chi connectivity index (χ0n) is 8.34. The first-order valence-electron chi connectivity index (χ1n) is 4.81. The van der Waals surface area contributed by atoms with Crippen LogP contribution in [0, 0.1) is 5.41 Å². The Kier molecular flexibility index (Phi) is 2.00. The van der Waals surface area contributed by atoms with Crippen molar-refractivity contribution in [2.24, 2.45) is 11.1 Å². The second-order valence-corrected chi connectivity index (χ2v) is 5.79. The van der Waals surface area contributed by atoms with Crippen LogP contribution >= 0.6 is 11.3 Å². The zero-order valence-corrected chi connectivity index (χ0v) is 9.16. The van der Waals surface area contributed by atoms with Crippen LogP contribution < -0.4 is 5.73 Å². The molecule has 0 radical (unpaired) electrons. The molecule has 0 unspecified atom stereocenters. The average molecular weight is 195 g/mol. The monoisotopic (exact) mass is 195 g/mol. The predicted molar refractivity (Wildman–Crippen MR) is 58.1 cm³/mol. The van der Waals surface area contributed by atoms with E-state index in [0.29, 0.717) is 10.8 Å². The van der Waals surface area contributed by atoms with Gasteiger partial charge in [-0.05, 0) is 40.6 Å². The molecule has 1 saturated carbocycles. The molecule has 13 heavy (non-hydrogen) atoms. The van der Waals surface area contributed by atoms with Crippen LogP contribution in [-0.4, -0.2) is 6.54 Å². The summed E-state index contributed by atoms with van der Waals surface area (Å²) in [4.78, 5) is 0. The second-order valence-electron chi connectivity index (χ2n) is 5.01. The van der Waals surface area contributed by atoms with Crippen molar-refractivity contribution in [3.63, 3.8) is 0 Å². The smallest absolute Gasteiger partial charge is 0.00939 e. The minimum Gasteiger partial charge on any atom is -0.330 e. The van der Waals surface area contributed by atoms with E-state index >= 15 is 0 Å². The third-order valence-corrected chi connectivity index (χ3v) is 3.84. The van der Waals surface area contributed by atoms with Crippen molar-refractivity contribution in [3.05, 3.63) is 22.4 Å². The van der Waals surface area contributed by atoms with Crippen molar-refractivity contribution < 1.29 is 0 Å². The van der Waals surface area contributed by atoms with Gasteiger partial charge in [0.1, 0.15) is 0 Å². The maximum atomic E-state index is 5.89. The first kappa shape index (κ1) is 9.22. The van der Waals surface area contributed by atoms with E-state index in [1.165, 1.54) is 18.4 Å². The highest BCUT2D eigenvalue weighted by atomic mass is 32.1. The molecule has 1 aliphatic rings. The molecule has 1 aliphatic carbocycles. The van der Waals surface area contributed by atoms with E-state index in [1.54, 1.807) is 11.3 Å². The first-order valence-corrected chi connectivity index (χ1v) is 5.75. The second kappa shape index (κ2) is 2.82. The van der Waals surface area contributed by atoms with E-state index in [-0.39, 0.29) is 0 Å². The Bertz CT molecular complexity index is 279. The fraction of sp³-hybridized carbons (Fsp3) is 0.636. The molecular weight excluding hydrogens is 178 g/mol. The molecule has 1 aromatic rings. The van der Waals surface area contributed by atoms with Crippen LogP contribution in [0.3, 0.4) is 0 Å². The molecule has 0 saturated heterocycles. The fourth-order valence-electron chi connectivity index (χ4n) is 2.81. The largest absolute Gasteiger partial charge is 0.330 e. The molecule has 2 heteroatoms. The first-order chi connectivity index (χ1) is 6.08. The van der Waals surface area contributed by atoms with E-state index in [0.717, 1.165) is 6.54 Å². The van der Waals surface area contributed by atoms with Crippen LogP contribution in [0.5, 0.6) is 0 Å². The molecule has 1 nitrogen and oxygen atoms in total.